The smallest absolute Gasteiger partial charge is 0.399 e. The van der Waals surface area contributed by atoms with E-state index in [2.05, 4.69) is 20.3 Å². The van der Waals surface area contributed by atoms with E-state index < -0.39 is 23.7 Å². The van der Waals surface area contributed by atoms with E-state index in [1.807, 2.05) is 4.90 Å². The standard InChI is InChI=1S/C24H26F5N7/c1-14(15-9-16(24(27,28)29)11-17(30)10-15)32-21-18-12-20(35-7-3-23(25,26)4-8-35)31-13-19(18)33-22(34-21)36-5-2-6-36/h9-14H,2-8,30H2,1H3,(H,32,33,34). The topological polar surface area (TPSA) is 83.2 Å². The maximum absolute atomic E-state index is 13.6. The second-order valence-electron chi connectivity index (χ2n) is 9.37. The largest absolute Gasteiger partial charge is 0.416 e. The fourth-order valence-corrected chi connectivity index (χ4v) is 4.39. The van der Waals surface area contributed by atoms with E-state index in [0.29, 0.717) is 34.1 Å². The summed E-state index contributed by atoms with van der Waals surface area (Å²) in [7, 11) is 0. The molecular formula is C24H26F5N7. The fraction of sp³-hybridized carbons (Fsp3) is 0.458. The van der Waals surface area contributed by atoms with Crippen molar-refractivity contribution in [1.82, 2.24) is 15.0 Å². The minimum Gasteiger partial charge on any atom is -0.399 e. The highest BCUT2D eigenvalue weighted by molar-refractivity contribution is 5.91. The number of nitrogens with two attached hydrogens (primary N) is 1. The highest BCUT2D eigenvalue weighted by atomic mass is 19.4. The van der Waals surface area contributed by atoms with Gasteiger partial charge in [0, 0.05) is 50.1 Å². The first kappa shape index (κ1) is 24.3. The maximum atomic E-state index is 13.6. The van der Waals surface area contributed by atoms with Crippen LogP contribution in [0.25, 0.3) is 10.9 Å². The molecule has 0 bridgehead atoms. The van der Waals surface area contributed by atoms with E-state index in [1.54, 1.807) is 24.1 Å². The van der Waals surface area contributed by atoms with Gasteiger partial charge in [-0.25, -0.2) is 18.7 Å². The molecule has 2 fully saturated rings. The van der Waals surface area contributed by atoms with Gasteiger partial charge in [0.15, 0.2) is 0 Å². The molecule has 1 aromatic carbocycles. The number of hydrogen-bond donors (Lipinski definition) is 2. The van der Waals surface area contributed by atoms with Crippen LogP contribution >= 0.6 is 0 Å². The predicted molar refractivity (Wildman–Crippen MR) is 128 cm³/mol. The van der Waals surface area contributed by atoms with Gasteiger partial charge in [0.2, 0.25) is 5.95 Å². The number of pyridine rings is 1. The van der Waals surface area contributed by atoms with Crippen molar-refractivity contribution in [2.24, 2.45) is 0 Å². The lowest BCUT2D eigenvalue weighted by Gasteiger charge is -2.33. The van der Waals surface area contributed by atoms with Gasteiger partial charge in [0.25, 0.3) is 5.92 Å². The van der Waals surface area contributed by atoms with Crippen LogP contribution in [-0.4, -0.2) is 47.1 Å². The number of benzene rings is 1. The van der Waals surface area contributed by atoms with Crippen molar-refractivity contribution in [3.63, 3.8) is 0 Å². The predicted octanol–water partition coefficient (Wildman–Crippen LogP) is 5.24. The molecule has 3 N–H and O–H groups in total. The van der Waals surface area contributed by atoms with Crippen molar-refractivity contribution in [1.29, 1.82) is 0 Å². The number of fused-ring (bicyclic) bond motifs is 1. The molecule has 2 aliphatic heterocycles. The van der Waals surface area contributed by atoms with Crippen LogP contribution in [0.2, 0.25) is 0 Å². The normalized spacial score (nSPS) is 18.7. The van der Waals surface area contributed by atoms with Crippen molar-refractivity contribution in [2.75, 3.05) is 47.0 Å². The van der Waals surface area contributed by atoms with Gasteiger partial charge in [0.1, 0.15) is 11.6 Å². The van der Waals surface area contributed by atoms with Gasteiger partial charge in [0.05, 0.1) is 23.3 Å². The first-order valence-corrected chi connectivity index (χ1v) is 11.8. The summed E-state index contributed by atoms with van der Waals surface area (Å²) in [5, 5.41) is 3.83. The van der Waals surface area contributed by atoms with Crippen LogP contribution in [0.15, 0.2) is 30.5 Å². The number of nitrogens with zero attached hydrogens (tertiary/aromatic N) is 5. The Morgan fingerprint density at radius 3 is 2.36 bits per heavy atom. The Morgan fingerprint density at radius 1 is 1.00 bits per heavy atom. The van der Waals surface area contributed by atoms with Crippen LogP contribution in [0.1, 0.15) is 43.4 Å². The molecule has 4 heterocycles. The van der Waals surface area contributed by atoms with E-state index in [4.69, 9.17) is 5.73 Å². The Bertz CT molecular complexity index is 1270. The maximum Gasteiger partial charge on any atom is 0.416 e. The number of anilines is 4. The van der Waals surface area contributed by atoms with Gasteiger partial charge < -0.3 is 20.9 Å². The van der Waals surface area contributed by atoms with Gasteiger partial charge in [-0.1, -0.05) is 0 Å². The Labute approximate surface area is 204 Å². The molecule has 1 unspecified atom stereocenters. The zero-order chi connectivity index (χ0) is 25.7. The molecule has 3 aromatic rings. The Morgan fingerprint density at radius 2 is 1.72 bits per heavy atom. The fourth-order valence-electron chi connectivity index (χ4n) is 4.39. The third-order valence-electron chi connectivity index (χ3n) is 6.67. The van der Waals surface area contributed by atoms with Gasteiger partial charge in [-0.15, -0.1) is 0 Å². The average Bonchev–Trinajstić information content (AvgIpc) is 2.77. The van der Waals surface area contributed by atoms with E-state index in [-0.39, 0.29) is 31.6 Å². The summed E-state index contributed by atoms with van der Waals surface area (Å²) < 4.78 is 67.3. The minimum absolute atomic E-state index is 0.00988. The number of hydrogen-bond acceptors (Lipinski definition) is 7. The lowest BCUT2D eigenvalue weighted by molar-refractivity contribution is -0.137. The molecule has 1 atom stereocenters. The SMILES string of the molecule is CC(Nc1nc(N2CCC2)nc2cnc(N3CCC(F)(F)CC3)cc12)c1cc(N)cc(C(F)(F)F)c1. The van der Waals surface area contributed by atoms with Crippen LogP contribution in [-0.2, 0) is 6.18 Å². The summed E-state index contributed by atoms with van der Waals surface area (Å²) in [6, 6.07) is 4.64. The monoisotopic (exact) mass is 507 g/mol. The van der Waals surface area contributed by atoms with Crippen molar-refractivity contribution in [2.45, 2.75) is 44.3 Å². The van der Waals surface area contributed by atoms with E-state index >= 15 is 0 Å². The lowest BCUT2D eigenvalue weighted by Crippen LogP contribution is -2.39. The molecule has 2 aliphatic rings. The second-order valence-corrected chi connectivity index (χ2v) is 9.37. The van der Waals surface area contributed by atoms with Gasteiger partial charge in [-0.2, -0.15) is 18.2 Å². The van der Waals surface area contributed by atoms with E-state index in [9.17, 15) is 22.0 Å². The molecule has 0 aliphatic carbocycles. The minimum atomic E-state index is -4.53. The van der Waals surface area contributed by atoms with E-state index in [1.165, 1.54) is 6.07 Å². The lowest BCUT2D eigenvalue weighted by atomic mass is 10.0. The van der Waals surface area contributed by atoms with Crippen LogP contribution in [0.5, 0.6) is 0 Å². The highest BCUT2D eigenvalue weighted by Gasteiger charge is 2.35. The zero-order valence-electron chi connectivity index (χ0n) is 19.6. The third kappa shape index (κ3) is 4.93. The van der Waals surface area contributed by atoms with Crippen molar-refractivity contribution in [3.8, 4) is 0 Å². The summed E-state index contributed by atoms with van der Waals surface area (Å²) in [6.45, 7) is 3.67. The molecule has 0 saturated carbocycles. The van der Waals surface area contributed by atoms with Gasteiger partial charge in [-0.3, -0.25) is 0 Å². The summed E-state index contributed by atoms with van der Waals surface area (Å²) in [5.41, 5.74) is 5.85. The van der Waals surface area contributed by atoms with Crippen LogP contribution in [0.4, 0.5) is 45.2 Å². The van der Waals surface area contributed by atoms with Gasteiger partial charge >= 0.3 is 6.18 Å². The number of alkyl halides is 5. The zero-order valence-corrected chi connectivity index (χ0v) is 19.6. The Balaban J connectivity index is 1.51. The summed E-state index contributed by atoms with van der Waals surface area (Å²) in [4.78, 5) is 17.5. The number of aromatic nitrogens is 3. The van der Waals surface area contributed by atoms with Crippen molar-refractivity contribution >= 4 is 34.2 Å². The molecule has 12 heteroatoms. The molecule has 36 heavy (non-hydrogen) atoms. The Kier molecular flexibility index (Phi) is 6.00. The number of nitrogens with one attached hydrogen (secondary N) is 1. The highest BCUT2D eigenvalue weighted by Crippen LogP contribution is 2.36. The average molecular weight is 508 g/mol. The molecular weight excluding hydrogens is 481 g/mol. The number of rotatable bonds is 5. The molecule has 192 valence electrons. The van der Waals surface area contributed by atoms with Crippen LogP contribution in [0.3, 0.4) is 0 Å². The van der Waals surface area contributed by atoms with Gasteiger partial charge in [-0.05, 0) is 43.2 Å². The molecule has 0 amide bonds. The quantitative estimate of drug-likeness (QED) is 0.361. The number of piperidine rings is 1. The third-order valence-corrected chi connectivity index (χ3v) is 6.67. The number of nitrogen functional groups attached to an aromatic ring is 1. The van der Waals surface area contributed by atoms with Crippen LogP contribution < -0.4 is 20.9 Å². The second kappa shape index (κ2) is 8.90. The summed E-state index contributed by atoms with van der Waals surface area (Å²) >= 11 is 0. The molecule has 2 aromatic heterocycles. The summed E-state index contributed by atoms with van der Waals surface area (Å²) in [6.07, 6.45) is -2.43. The van der Waals surface area contributed by atoms with E-state index in [0.717, 1.165) is 31.6 Å². The Hall–Kier alpha value is -3.44. The van der Waals surface area contributed by atoms with Crippen molar-refractivity contribution in [3.05, 3.63) is 41.6 Å². The molecule has 5 rings (SSSR count). The first-order valence-electron chi connectivity index (χ1n) is 11.8. The summed E-state index contributed by atoms with van der Waals surface area (Å²) in [5.74, 6) is -1.23. The molecule has 0 radical (unpaired) electrons. The molecule has 2 saturated heterocycles. The number of halogens is 5. The first-order chi connectivity index (χ1) is 17.0. The van der Waals surface area contributed by atoms with Crippen LogP contribution in [0, 0.1) is 0 Å². The van der Waals surface area contributed by atoms with Crippen molar-refractivity contribution < 1.29 is 22.0 Å². The molecule has 0 spiro atoms. The molecule has 7 nitrogen and oxygen atoms in total.